The summed E-state index contributed by atoms with van der Waals surface area (Å²) < 4.78 is 5.11. The van der Waals surface area contributed by atoms with Gasteiger partial charge in [0.1, 0.15) is 0 Å². The summed E-state index contributed by atoms with van der Waals surface area (Å²) in [6.07, 6.45) is 4.73. The third-order valence-corrected chi connectivity index (χ3v) is 3.70. The van der Waals surface area contributed by atoms with Crippen molar-refractivity contribution in [3.63, 3.8) is 0 Å². The van der Waals surface area contributed by atoms with Crippen LogP contribution in [0.3, 0.4) is 0 Å². The minimum atomic E-state index is -0.122. The topological polar surface area (TPSA) is 92.2 Å². The van der Waals surface area contributed by atoms with E-state index in [0.29, 0.717) is 23.8 Å². The van der Waals surface area contributed by atoms with Crippen molar-refractivity contribution in [2.45, 2.75) is 45.1 Å². The van der Waals surface area contributed by atoms with E-state index in [-0.39, 0.29) is 6.10 Å². The SMILES string of the molecule is CCCNc1nc(NCC2CCC(O)CC2)nc(OC)n1. The highest BCUT2D eigenvalue weighted by Crippen LogP contribution is 2.24. The Kier molecular flexibility index (Phi) is 5.98. The van der Waals surface area contributed by atoms with Crippen molar-refractivity contribution >= 4 is 11.9 Å². The van der Waals surface area contributed by atoms with Gasteiger partial charge in [-0.1, -0.05) is 6.92 Å². The van der Waals surface area contributed by atoms with E-state index >= 15 is 0 Å². The molecule has 1 aliphatic rings. The van der Waals surface area contributed by atoms with Crippen molar-refractivity contribution in [3.8, 4) is 6.01 Å². The first kappa shape index (κ1) is 15.8. The number of anilines is 2. The zero-order valence-corrected chi connectivity index (χ0v) is 12.8. The van der Waals surface area contributed by atoms with Crippen LogP contribution in [0.15, 0.2) is 0 Å². The Bertz CT molecular complexity index is 435. The van der Waals surface area contributed by atoms with Crippen molar-refractivity contribution in [2.24, 2.45) is 5.92 Å². The van der Waals surface area contributed by atoms with Gasteiger partial charge in [-0.15, -0.1) is 0 Å². The van der Waals surface area contributed by atoms with Crippen LogP contribution >= 0.6 is 0 Å². The van der Waals surface area contributed by atoms with Crippen LogP contribution in [0.2, 0.25) is 0 Å². The Hall–Kier alpha value is -1.63. The van der Waals surface area contributed by atoms with Crippen LogP contribution in [0.5, 0.6) is 6.01 Å². The molecule has 1 fully saturated rings. The van der Waals surface area contributed by atoms with Gasteiger partial charge in [0.15, 0.2) is 0 Å². The Labute approximate surface area is 125 Å². The molecule has 7 heteroatoms. The number of nitrogens with zero attached hydrogens (tertiary/aromatic N) is 3. The minimum Gasteiger partial charge on any atom is -0.467 e. The Morgan fingerprint density at radius 3 is 2.38 bits per heavy atom. The predicted molar refractivity (Wildman–Crippen MR) is 81.6 cm³/mol. The molecule has 2 rings (SSSR count). The average molecular weight is 295 g/mol. The second-order valence-electron chi connectivity index (χ2n) is 5.45. The Morgan fingerprint density at radius 1 is 1.10 bits per heavy atom. The molecule has 118 valence electrons. The summed E-state index contributed by atoms with van der Waals surface area (Å²) in [6, 6.07) is 0.310. The molecule has 0 spiro atoms. The number of ether oxygens (including phenoxy) is 1. The van der Waals surface area contributed by atoms with Crippen LogP contribution in [0.4, 0.5) is 11.9 Å². The average Bonchev–Trinajstić information content (AvgIpc) is 2.52. The fourth-order valence-electron chi connectivity index (χ4n) is 2.43. The summed E-state index contributed by atoms with van der Waals surface area (Å²) in [5.41, 5.74) is 0. The molecule has 7 nitrogen and oxygen atoms in total. The maximum absolute atomic E-state index is 9.52. The third-order valence-electron chi connectivity index (χ3n) is 3.70. The molecule has 0 aliphatic heterocycles. The summed E-state index contributed by atoms with van der Waals surface area (Å²) in [6.45, 7) is 3.71. The first-order valence-corrected chi connectivity index (χ1v) is 7.67. The summed E-state index contributed by atoms with van der Waals surface area (Å²) in [7, 11) is 1.55. The number of hydrogen-bond donors (Lipinski definition) is 3. The largest absolute Gasteiger partial charge is 0.467 e. The lowest BCUT2D eigenvalue weighted by molar-refractivity contribution is 0.111. The first-order chi connectivity index (χ1) is 10.2. The Balaban J connectivity index is 1.91. The Morgan fingerprint density at radius 2 is 1.76 bits per heavy atom. The highest BCUT2D eigenvalue weighted by molar-refractivity contribution is 5.35. The van der Waals surface area contributed by atoms with Gasteiger partial charge in [-0.3, -0.25) is 0 Å². The summed E-state index contributed by atoms with van der Waals surface area (Å²) in [5, 5.41) is 15.9. The van der Waals surface area contributed by atoms with Gasteiger partial charge in [0.25, 0.3) is 0 Å². The first-order valence-electron chi connectivity index (χ1n) is 7.67. The zero-order valence-electron chi connectivity index (χ0n) is 12.8. The van der Waals surface area contributed by atoms with E-state index in [2.05, 4.69) is 32.5 Å². The molecule has 1 heterocycles. The second kappa shape index (κ2) is 7.97. The van der Waals surface area contributed by atoms with Gasteiger partial charge >= 0.3 is 6.01 Å². The number of nitrogens with one attached hydrogen (secondary N) is 2. The summed E-state index contributed by atoms with van der Waals surface area (Å²) in [4.78, 5) is 12.7. The smallest absolute Gasteiger partial charge is 0.322 e. The van der Waals surface area contributed by atoms with Crippen molar-refractivity contribution in [3.05, 3.63) is 0 Å². The fourth-order valence-corrected chi connectivity index (χ4v) is 2.43. The van der Waals surface area contributed by atoms with Gasteiger partial charge < -0.3 is 20.5 Å². The van der Waals surface area contributed by atoms with E-state index in [0.717, 1.165) is 45.2 Å². The molecule has 0 amide bonds. The maximum Gasteiger partial charge on any atom is 0.322 e. The molecule has 1 aliphatic carbocycles. The second-order valence-corrected chi connectivity index (χ2v) is 5.45. The summed E-state index contributed by atoms with van der Waals surface area (Å²) >= 11 is 0. The minimum absolute atomic E-state index is 0.122. The molecule has 0 unspecified atom stereocenters. The van der Waals surface area contributed by atoms with Gasteiger partial charge in [0.05, 0.1) is 13.2 Å². The number of aromatic nitrogens is 3. The number of aliphatic hydroxyl groups is 1. The van der Waals surface area contributed by atoms with E-state index in [1.54, 1.807) is 7.11 Å². The van der Waals surface area contributed by atoms with Crippen molar-refractivity contribution in [1.29, 1.82) is 0 Å². The molecule has 21 heavy (non-hydrogen) atoms. The lowest BCUT2D eigenvalue weighted by Gasteiger charge is -2.25. The van der Waals surface area contributed by atoms with Gasteiger partial charge in [0, 0.05) is 13.1 Å². The van der Waals surface area contributed by atoms with Crippen LogP contribution in [0.25, 0.3) is 0 Å². The fraction of sp³-hybridized carbons (Fsp3) is 0.786. The van der Waals surface area contributed by atoms with E-state index in [1.807, 2.05) is 0 Å². The van der Waals surface area contributed by atoms with Crippen LogP contribution in [-0.2, 0) is 0 Å². The van der Waals surface area contributed by atoms with Crippen LogP contribution in [-0.4, -0.2) is 46.4 Å². The monoisotopic (exact) mass is 295 g/mol. The molecule has 0 aromatic carbocycles. The number of rotatable bonds is 7. The number of aliphatic hydroxyl groups excluding tert-OH is 1. The van der Waals surface area contributed by atoms with Gasteiger partial charge in [-0.05, 0) is 38.0 Å². The summed E-state index contributed by atoms with van der Waals surface area (Å²) in [5.74, 6) is 1.63. The van der Waals surface area contributed by atoms with Gasteiger partial charge in [-0.2, -0.15) is 15.0 Å². The molecule has 0 bridgehead atoms. The lowest BCUT2D eigenvalue weighted by Crippen LogP contribution is -2.24. The van der Waals surface area contributed by atoms with Crippen LogP contribution in [0, 0.1) is 5.92 Å². The molecule has 3 N–H and O–H groups in total. The zero-order chi connectivity index (χ0) is 15.1. The molecule has 1 aromatic rings. The number of methoxy groups -OCH3 is 1. The van der Waals surface area contributed by atoms with Crippen molar-refractivity contribution < 1.29 is 9.84 Å². The molecular weight excluding hydrogens is 270 g/mol. The van der Waals surface area contributed by atoms with Crippen molar-refractivity contribution in [2.75, 3.05) is 30.8 Å². The molecule has 1 saturated carbocycles. The molecule has 0 atom stereocenters. The van der Waals surface area contributed by atoms with Gasteiger partial charge in [0.2, 0.25) is 11.9 Å². The van der Waals surface area contributed by atoms with E-state index < -0.39 is 0 Å². The standard InChI is InChI=1S/C14H25N5O2/c1-3-8-15-12-17-13(19-14(18-12)21-2)16-9-10-4-6-11(20)7-5-10/h10-11,20H,3-9H2,1-2H3,(H2,15,16,17,18,19). The van der Waals surface area contributed by atoms with E-state index in [1.165, 1.54) is 0 Å². The van der Waals surface area contributed by atoms with E-state index in [9.17, 15) is 5.11 Å². The highest BCUT2D eigenvalue weighted by atomic mass is 16.5. The molecule has 0 saturated heterocycles. The van der Waals surface area contributed by atoms with Crippen molar-refractivity contribution in [1.82, 2.24) is 15.0 Å². The van der Waals surface area contributed by atoms with Gasteiger partial charge in [-0.25, -0.2) is 0 Å². The van der Waals surface area contributed by atoms with E-state index in [4.69, 9.17) is 4.74 Å². The highest BCUT2D eigenvalue weighted by Gasteiger charge is 2.19. The van der Waals surface area contributed by atoms with Crippen LogP contribution < -0.4 is 15.4 Å². The maximum atomic E-state index is 9.52. The quantitative estimate of drug-likeness (QED) is 0.704. The molecule has 1 aromatic heterocycles. The third kappa shape index (κ3) is 5.00. The number of hydrogen-bond acceptors (Lipinski definition) is 7. The molecule has 0 radical (unpaired) electrons. The van der Waals surface area contributed by atoms with Crippen LogP contribution in [0.1, 0.15) is 39.0 Å². The molecular formula is C14H25N5O2. The lowest BCUT2D eigenvalue weighted by atomic mass is 9.87. The normalized spacial score (nSPS) is 21.9. The predicted octanol–water partition coefficient (Wildman–Crippen LogP) is 1.67.